The van der Waals surface area contributed by atoms with E-state index < -0.39 is 5.41 Å². The minimum Gasteiger partial charge on any atom is -0.324 e. The van der Waals surface area contributed by atoms with Crippen molar-refractivity contribution in [3.05, 3.63) is 96.1 Å². The van der Waals surface area contributed by atoms with Gasteiger partial charge < -0.3 is 15.1 Å². The molecule has 2 aliphatic heterocycles. The minimum absolute atomic E-state index is 0.0163. The summed E-state index contributed by atoms with van der Waals surface area (Å²) in [4.78, 5) is 30.3. The third-order valence-corrected chi connectivity index (χ3v) is 7.35. The van der Waals surface area contributed by atoms with E-state index in [4.69, 9.17) is 0 Å². The molecule has 0 bridgehead atoms. The number of hydrogen-bond donors (Lipinski definition) is 1. The number of carbonyl (C=O) groups is 2. The Morgan fingerprint density at radius 2 is 1.47 bits per heavy atom. The molecule has 1 spiro atoms. The molecular formula is C29H31N3O2. The van der Waals surface area contributed by atoms with Gasteiger partial charge in [0.2, 0.25) is 5.91 Å². The first kappa shape index (κ1) is 22.2. The number of rotatable bonds is 4. The standard InChI is InChI=1S/C29H31N3O2/c1-21(2)22-13-15-24(16-14-22)30-28(34)31-19-17-29(18-20-31)26(23-9-5-3-6-10-23)32(27(29)33)25-11-7-4-8-12-25/h3-16,21,26H,17-20H2,1-2H3,(H,30,34)/t26-/m1/s1. The second kappa shape index (κ2) is 8.98. The van der Waals surface area contributed by atoms with Crippen LogP contribution in [0.3, 0.4) is 0 Å². The Kier molecular flexibility index (Phi) is 5.86. The van der Waals surface area contributed by atoms with Gasteiger partial charge in [0.15, 0.2) is 0 Å². The first-order valence-electron chi connectivity index (χ1n) is 12.1. The number of nitrogens with zero attached hydrogens (tertiary/aromatic N) is 2. The average Bonchev–Trinajstić information content (AvgIpc) is 2.88. The highest BCUT2D eigenvalue weighted by Gasteiger charge is 2.62. The van der Waals surface area contributed by atoms with Crippen LogP contribution in [-0.4, -0.2) is 29.9 Å². The van der Waals surface area contributed by atoms with Crippen LogP contribution in [0.2, 0.25) is 0 Å². The maximum atomic E-state index is 13.6. The SMILES string of the molecule is CC(C)c1ccc(NC(=O)N2CCC3(CC2)C(=O)N(c2ccccc2)[C@@H]3c2ccccc2)cc1. The number of nitrogens with one attached hydrogen (secondary N) is 1. The monoisotopic (exact) mass is 453 g/mol. The van der Waals surface area contributed by atoms with E-state index in [1.54, 1.807) is 0 Å². The molecule has 0 saturated carbocycles. The summed E-state index contributed by atoms with van der Waals surface area (Å²) in [7, 11) is 0. The van der Waals surface area contributed by atoms with Crippen molar-refractivity contribution in [1.82, 2.24) is 4.90 Å². The van der Waals surface area contributed by atoms with Crippen LogP contribution in [0.25, 0.3) is 0 Å². The average molecular weight is 454 g/mol. The predicted octanol–water partition coefficient (Wildman–Crippen LogP) is 6.21. The molecule has 3 amide bonds. The van der Waals surface area contributed by atoms with Crippen molar-refractivity contribution in [2.45, 2.75) is 38.6 Å². The van der Waals surface area contributed by atoms with Crippen molar-refractivity contribution in [2.24, 2.45) is 5.41 Å². The molecule has 5 rings (SSSR count). The highest BCUT2D eigenvalue weighted by molar-refractivity contribution is 6.06. The van der Waals surface area contributed by atoms with Gasteiger partial charge >= 0.3 is 6.03 Å². The van der Waals surface area contributed by atoms with E-state index in [0.717, 1.165) is 16.9 Å². The van der Waals surface area contributed by atoms with Crippen LogP contribution in [0, 0.1) is 5.41 Å². The van der Waals surface area contributed by atoms with Gasteiger partial charge in [-0.25, -0.2) is 4.79 Å². The van der Waals surface area contributed by atoms with Gasteiger partial charge in [0, 0.05) is 24.5 Å². The van der Waals surface area contributed by atoms with Gasteiger partial charge in [0.05, 0.1) is 11.5 Å². The van der Waals surface area contributed by atoms with Gasteiger partial charge in [-0.1, -0.05) is 74.5 Å². The molecule has 1 atom stereocenters. The van der Waals surface area contributed by atoms with Crippen molar-refractivity contribution in [3.8, 4) is 0 Å². The van der Waals surface area contributed by atoms with Gasteiger partial charge in [-0.3, -0.25) is 4.79 Å². The molecule has 3 aromatic rings. The lowest BCUT2D eigenvalue weighted by atomic mass is 9.62. The zero-order chi connectivity index (χ0) is 23.7. The number of piperidine rings is 1. The molecular weight excluding hydrogens is 422 g/mol. The minimum atomic E-state index is -0.465. The molecule has 5 heteroatoms. The van der Waals surface area contributed by atoms with Crippen molar-refractivity contribution >= 4 is 23.3 Å². The molecule has 1 N–H and O–H groups in total. The molecule has 0 aliphatic carbocycles. The topological polar surface area (TPSA) is 52.7 Å². The Balaban J connectivity index is 1.31. The first-order valence-corrected chi connectivity index (χ1v) is 12.1. The van der Waals surface area contributed by atoms with E-state index in [2.05, 4.69) is 43.4 Å². The molecule has 2 aliphatic rings. The molecule has 5 nitrogen and oxygen atoms in total. The van der Waals surface area contributed by atoms with Crippen LogP contribution in [-0.2, 0) is 4.79 Å². The fourth-order valence-corrected chi connectivity index (χ4v) is 5.36. The number of likely N-dealkylation sites (tertiary alicyclic amines) is 1. The van der Waals surface area contributed by atoms with E-state index in [9.17, 15) is 9.59 Å². The number of amides is 3. The number of benzene rings is 3. The Bertz CT molecular complexity index is 1150. The molecule has 2 saturated heterocycles. The molecule has 0 unspecified atom stereocenters. The van der Waals surface area contributed by atoms with E-state index in [-0.39, 0.29) is 18.0 Å². The number of hydrogen-bond acceptors (Lipinski definition) is 2. The number of para-hydroxylation sites is 1. The van der Waals surface area contributed by atoms with Crippen LogP contribution in [0.1, 0.15) is 49.8 Å². The van der Waals surface area contributed by atoms with Crippen LogP contribution in [0.15, 0.2) is 84.9 Å². The Hall–Kier alpha value is -3.60. The zero-order valence-corrected chi connectivity index (χ0v) is 19.8. The smallest absolute Gasteiger partial charge is 0.321 e. The fourth-order valence-electron chi connectivity index (χ4n) is 5.36. The first-order chi connectivity index (χ1) is 16.5. The maximum absolute atomic E-state index is 13.6. The molecule has 0 aromatic heterocycles. The summed E-state index contributed by atoms with van der Waals surface area (Å²) in [5, 5.41) is 3.02. The Morgan fingerprint density at radius 1 is 0.882 bits per heavy atom. The summed E-state index contributed by atoms with van der Waals surface area (Å²) < 4.78 is 0. The molecule has 3 aromatic carbocycles. The molecule has 34 heavy (non-hydrogen) atoms. The second-order valence-electron chi connectivity index (χ2n) is 9.67. The van der Waals surface area contributed by atoms with Crippen molar-refractivity contribution in [1.29, 1.82) is 0 Å². The molecule has 2 fully saturated rings. The van der Waals surface area contributed by atoms with Crippen molar-refractivity contribution in [2.75, 3.05) is 23.3 Å². The van der Waals surface area contributed by atoms with E-state index in [1.807, 2.05) is 70.5 Å². The summed E-state index contributed by atoms with van der Waals surface area (Å²) in [6.07, 6.45) is 1.32. The number of β-lactam (4-membered cyclic amide) rings is 1. The lowest BCUT2D eigenvalue weighted by Crippen LogP contribution is -2.67. The predicted molar refractivity (Wildman–Crippen MR) is 136 cm³/mol. The summed E-state index contributed by atoms with van der Waals surface area (Å²) in [5.74, 6) is 0.618. The zero-order valence-electron chi connectivity index (χ0n) is 19.8. The third-order valence-electron chi connectivity index (χ3n) is 7.35. The number of carbonyl (C=O) groups excluding carboxylic acids is 2. The van der Waals surface area contributed by atoms with Crippen LogP contribution < -0.4 is 10.2 Å². The summed E-state index contributed by atoms with van der Waals surface area (Å²) >= 11 is 0. The third kappa shape index (κ3) is 3.85. The van der Waals surface area contributed by atoms with Gasteiger partial charge in [-0.15, -0.1) is 0 Å². The second-order valence-corrected chi connectivity index (χ2v) is 9.67. The largest absolute Gasteiger partial charge is 0.324 e. The highest BCUT2D eigenvalue weighted by Crippen LogP contribution is 2.57. The summed E-state index contributed by atoms with van der Waals surface area (Å²) in [5.41, 5.74) is 3.65. The lowest BCUT2D eigenvalue weighted by Gasteiger charge is -2.59. The van der Waals surface area contributed by atoms with Crippen molar-refractivity contribution < 1.29 is 9.59 Å². The summed E-state index contributed by atoms with van der Waals surface area (Å²) in [6, 6.07) is 28.1. The van der Waals surface area contributed by atoms with Gasteiger partial charge in [-0.2, -0.15) is 0 Å². The normalized spacial score (nSPS) is 19.3. The van der Waals surface area contributed by atoms with Gasteiger partial charge in [0.25, 0.3) is 0 Å². The maximum Gasteiger partial charge on any atom is 0.321 e. The lowest BCUT2D eigenvalue weighted by molar-refractivity contribution is -0.144. The number of urea groups is 1. The Labute approximate surface area is 201 Å². The molecule has 2 heterocycles. The van der Waals surface area contributed by atoms with Gasteiger partial charge in [-0.05, 0) is 54.2 Å². The molecule has 174 valence electrons. The van der Waals surface area contributed by atoms with E-state index in [1.165, 1.54) is 5.56 Å². The fraction of sp³-hybridized carbons (Fsp3) is 0.310. The summed E-state index contributed by atoms with van der Waals surface area (Å²) in [6.45, 7) is 5.43. The molecule has 0 radical (unpaired) electrons. The highest BCUT2D eigenvalue weighted by atomic mass is 16.2. The van der Waals surface area contributed by atoms with Crippen LogP contribution in [0.4, 0.5) is 16.2 Å². The number of anilines is 2. The van der Waals surface area contributed by atoms with Crippen LogP contribution in [0.5, 0.6) is 0 Å². The quantitative estimate of drug-likeness (QED) is 0.477. The van der Waals surface area contributed by atoms with Crippen molar-refractivity contribution in [3.63, 3.8) is 0 Å². The van der Waals surface area contributed by atoms with E-state index >= 15 is 0 Å². The Morgan fingerprint density at radius 3 is 2.06 bits per heavy atom. The van der Waals surface area contributed by atoms with Crippen LogP contribution >= 0.6 is 0 Å². The van der Waals surface area contributed by atoms with E-state index in [0.29, 0.717) is 31.8 Å². The van der Waals surface area contributed by atoms with Gasteiger partial charge in [0.1, 0.15) is 0 Å².